The summed E-state index contributed by atoms with van der Waals surface area (Å²) in [4.78, 5) is 22.5. The second-order valence-corrected chi connectivity index (χ2v) is 4.69. The molecule has 1 aliphatic carbocycles. The number of hydrogen-bond donors (Lipinski definition) is 2. The van der Waals surface area contributed by atoms with Gasteiger partial charge >= 0.3 is 5.97 Å². The summed E-state index contributed by atoms with van der Waals surface area (Å²) in [7, 11) is 0. The zero-order chi connectivity index (χ0) is 13.0. The third kappa shape index (κ3) is 3.35. The van der Waals surface area contributed by atoms with Gasteiger partial charge in [0, 0.05) is 18.9 Å². The average Bonchev–Trinajstić information content (AvgIpc) is 2.96. The lowest BCUT2D eigenvalue weighted by atomic mass is 10.1. The third-order valence-corrected chi connectivity index (χ3v) is 3.33. The van der Waals surface area contributed by atoms with Crippen LogP contribution in [-0.4, -0.2) is 23.0 Å². The second-order valence-electron chi connectivity index (χ2n) is 4.69. The number of carbonyl (C=O) groups is 2. The third-order valence-electron chi connectivity index (χ3n) is 3.33. The number of nitrogens with one attached hydrogen (secondary N) is 1. The van der Waals surface area contributed by atoms with E-state index >= 15 is 0 Å². The molecule has 1 heterocycles. The van der Waals surface area contributed by atoms with Crippen LogP contribution < -0.4 is 5.32 Å². The summed E-state index contributed by atoms with van der Waals surface area (Å²) >= 11 is 0. The summed E-state index contributed by atoms with van der Waals surface area (Å²) in [6.45, 7) is 0. The van der Waals surface area contributed by atoms with E-state index in [9.17, 15) is 9.59 Å². The Balaban J connectivity index is 1.70. The second kappa shape index (κ2) is 5.71. The summed E-state index contributed by atoms with van der Waals surface area (Å²) in [5.74, 6) is -0.315. The van der Waals surface area contributed by atoms with Crippen molar-refractivity contribution in [2.24, 2.45) is 5.92 Å². The standard InChI is InChI=1S/C13H17NO4/c15-12(6-5-11-2-1-7-18-11)14-10-4-3-9(8-10)13(16)17/h1-2,7,9-10H,3-6,8H2,(H,14,15)(H,16,17)/t9-,10+/m0/s1. The minimum Gasteiger partial charge on any atom is -0.481 e. The van der Waals surface area contributed by atoms with E-state index in [0.29, 0.717) is 25.7 Å². The number of aliphatic carboxylic acids is 1. The van der Waals surface area contributed by atoms with Crippen LogP contribution in [0.25, 0.3) is 0 Å². The van der Waals surface area contributed by atoms with Gasteiger partial charge in [0.05, 0.1) is 12.2 Å². The lowest BCUT2D eigenvalue weighted by molar-refractivity contribution is -0.141. The molecule has 2 atom stereocenters. The van der Waals surface area contributed by atoms with Gasteiger partial charge in [0.1, 0.15) is 5.76 Å². The highest BCUT2D eigenvalue weighted by Crippen LogP contribution is 2.25. The van der Waals surface area contributed by atoms with Gasteiger partial charge in [-0.15, -0.1) is 0 Å². The van der Waals surface area contributed by atoms with Gasteiger partial charge < -0.3 is 14.8 Å². The Morgan fingerprint density at radius 2 is 2.28 bits per heavy atom. The van der Waals surface area contributed by atoms with Crippen molar-refractivity contribution in [3.63, 3.8) is 0 Å². The zero-order valence-corrected chi connectivity index (χ0v) is 10.1. The molecule has 0 aromatic carbocycles. The Kier molecular flexibility index (Phi) is 4.02. The maximum absolute atomic E-state index is 11.7. The molecule has 0 saturated heterocycles. The molecular weight excluding hydrogens is 234 g/mol. The van der Waals surface area contributed by atoms with Crippen LogP contribution in [0.1, 0.15) is 31.4 Å². The summed E-state index contributed by atoms with van der Waals surface area (Å²) in [6, 6.07) is 3.64. The van der Waals surface area contributed by atoms with Gasteiger partial charge in [-0.2, -0.15) is 0 Å². The first-order valence-corrected chi connectivity index (χ1v) is 6.19. The number of carbonyl (C=O) groups excluding carboxylic acids is 1. The van der Waals surface area contributed by atoms with Crippen molar-refractivity contribution in [1.82, 2.24) is 5.32 Å². The maximum atomic E-state index is 11.7. The van der Waals surface area contributed by atoms with Crippen molar-refractivity contribution in [3.8, 4) is 0 Å². The first-order valence-electron chi connectivity index (χ1n) is 6.19. The Morgan fingerprint density at radius 3 is 2.89 bits per heavy atom. The van der Waals surface area contributed by atoms with E-state index in [2.05, 4.69) is 5.32 Å². The van der Waals surface area contributed by atoms with E-state index in [-0.39, 0.29) is 17.9 Å². The minimum atomic E-state index is -0.762. The highest BCUT2D eigenvalue weighted by molar-refractivity contribution is 5.77. The van der Waals surface area contributed by atoms with E-state index in [4.69, 9.17) is 9.52 Å². The molecular formula is C13H17NO4. The highest BCUT2D eigenvalue weighted by Gasteiger charge is 2.30. The molecule has 1 amide bonds. The molecule has 0 spiro atoms. The van der Waals surface area contributed by atoms with Crippen molar-refractivity contribution in [3.05, 3.63) is 24.2 Å². The molecule has 5 nitrogen and oxygen atoms in total. The van der Waals surface area contributed by atoms with Gasteiger partial charge in [-0.3, -0.25) is 9.59 Å². The number of furan rings is 1. The molecule has 0 unspecified atom stereocenters. The molecule has 1 aliphatic rings. The van der Waals surface area contributed by atoms with E-state index in [1.807, 2.05) is 6.07 Å². The van der Waals surface area contributed by atoms with E-state index in [0.717, 1.165) is 12.2 Å². The van der Waals surface area contributed by atoms with Crippen molar-refractivity contribution in [2.45, 2.75) is 38.1 Å². The van der Waals surface area contributed by atoms with Gasteiger partial charge in [0.15, 0.2) is 0 Å². The first kappa shape index (κ1) is 12.7. The van der Waals surface area contributed by atoms with Crippen LogP contribution in [0.5, 0.6) is 0 Å². The quantitative estimate of drug-likeness (QED) is 0.832. The fourth-order valence-corrected chi connectivity index (χ4v) is 2.33. The Hall–Kier alpha value is -1.78. The summed E-state index contributed by atoms with van der Waals surface area (Å²) in [6.07, 6.45) is 4.49. The summed E-state index contributed by atoms with van der Waals surface area (Å²) in [5, 5.41) is 11.8. The van der Waals surface area contributed by atoms with Gasteiger partial charge in [0.2, 0.25) is 5.91 Å². The summed E-state index contributed by atoms with van der Waals surface area (Å²) < 4.78 is 5.14. The largest absolute Gasteiger partial charge is 0.481 e. The number of rotatable bonds is 5. The number of amides is 1. The molecule has 1 aromatic heterocycles. The molecule has 2 rings (SSSR count). The lowest BCUT2D eigenvalue weighted by Crippen LogP contribution is -2.33. The number of carboxylic acid groups (broad SMARTS) is 1. The van der Waals surface area contributed by atoms with Crippen molar-refractivity contribution < 1.29 is 19.1 Å². The van der Waals surface area contributed by atoms with Crippen molar-refractivity contribution in [2.75, 3.05) is 0 Å². The molecule has 0 bridgehead atoms. The number of hydrogen-bond acceptors (Lipinski definition) is 3. The Bertz CT molecular complexity index is 413. The average molecular weight is 251 g/mol. The van der Waals surface area contributed by atoms with Crippen LogP contribution in [-0.2, 0) is 16.0 Å². The first-order chi connectivity index (χ1) is 8.65. The Labute approximate surface area is 105 Å². The lowest BCUT2D eigenvalue weighted by Gasteiger charge is -2.11. The Morgan fingerprint density at radius 1 is 1.44 bits per heavy atom. The van der Waals surface area contributed by atoms with E-state index < -0.39 is 5.97 Å². The SMILES string of the molecule is O=C(CCc1ccco1)N[C@@H]1CC[C@H](C(=O)O)C1. The van der Waals surface area contributed by atoms with Crippen LogP contribution in [0.2, 0.25) is 0 Å². The van der Waals surface area contributed by atoms with Crippen molar-refractivity contribution in [1.29, 1.82) is 0 Å². The molecule has 0 aliphatic heterocycles. The zero-order valence-electron chi connectivity index (χ0n) is 10.1. The molecule has 5 heteroatoms. The summed E-state index contributed by atoms with van der Waals surface area (Å²) in [5.41, 5.74) is 0. The van der Waals surface area contributed by atoms with E-state index in [1.54, 1.807) is 12.3 Å². The fourth-order valence-electron chi connectivity index (χ4n) is 2.33. The minimum absolute atomic E-state index is 0.00945. The van der Waals surface area contributed by atoms with Crippen molar-refractivity contribution >= 4 is 11.9 Å². The number of aryl methyl sites for hydroxylation is 1. The van der Waals surface area contributed by atoms with Crippen LogP contribution in [0.4, 0.5) is 0 Å². The monoisotopic (exact) mass is 251 g/mol. The molecule has 2 N–H and O–H groups in total. The predicted octanol–water partition coefficient (Wildman–Crippen LogP) is 1.58. The highest BCUT2D eigenvalue weighted by atomic mass is 16.4. The molecule has 98 valence electrons. The van der Waals surface area contributed by atoms with Crippen LogP contribution in [0, 0.1) is 5.92 Å². The van der Waals surface area contributed by atoms with Gasteiger partial charge in [-0.1, -0.05) is 0 Å². The molecule has 1 aromatic rings. The van der Waals surface area contributed by atoms with Crippen LogP contribution in [0.15, 0.2) is 22.8 Å². The molecule has 0 radical (unpaired) electrons. The van der Waals surface area contributed by atoms with Crippen LogP contribution in [0.3, 0.4) is 0 Å². The van der Waals surface area contributed by atoms with Gasteiger partial charge in [-0.25, -0.2) is 0 Å². The van der Waals surface area contributed by atoms with Crippen LogP contribution >= 0.6 is 0 Å². The molecule has 1 fully saturated rings. The van der Waals surface area contributed by atoms with E-state index in [1.165, 1.54) is 0 Å². The molecule has 18 heavy (non-hydrogen) atoms. The smallest absolute Gasteiger partial charge is 0.306 e. The number of carboxylic acids is 1. The van der Waals surface area contributed by atoms with Gasteiger partial charge in [-0.05, 0) is 31.4 Å². The van der Waals surface area contributed by atoms with Gasteiger partial charge in [0.25, 0.3) is 0 Å². The normalized spacial score (nSPS) is 22.9. The fraction of sp³-hybridized carbons (Fsp3) is 0.538. The maximum Gasteiger partial charge on any atom is 0.306 e. The predicted molar refractivity (Wildman–Crippen MR) is 63.9 cm³/mol. The molecule has 1 saturated carbocycles. The topological polar surface area (TPSA) is 79.5 Å².